The summed E-state index contributed by atoms with van der Waals surface area (Å²) in [5, 5.41) is 22.0. The molecule has 0 bridgehead atoms. The van der Waals surface area contributed by atoms with Gasteiger partial charge in [-0.15, -0.1) is 5.10 Å². The van der Waals surface area contributed by atoms with E-state index < -0.39 is 4.92 Å². The first-order valence-electron chi connectivity index (χ1n) is 7.59. The van der Waals surface area contributed by atoms with E-state index in [0.717, 1.165) is 5.56 Å². The molecule has 0 aliphatic carbocycles. The molecule has 0 radical (unpaired) electrons. The Hall–Kier alpha value is -2.71. The number of amidine groups is 1. The average molecular weight is 389 g/mol. The van der Waals surface area contributed by atoms with Crippen molar-refractivity contribution < 1.29 is 9.72 Å². The van der Waals surface area contributed by atoms with Gasteiger partial charge in [0.15, 0.2) is 5.17 Å². The van der Waals surface area contributed by atoms with Crippen LogP contribution in [0.4, 0.5) is 5.69 Å². The predicted molar refractivity (Wildman–Crippen MR) is 103 cm³/mol. The molecule has 0 spiro atoms. The molecule has 0 aromatic heterocycles. The lowest BCUT2D eigenvalue weighted by molar-refractivity contribution is -0.384. The summed E-state index contributed by atoms with van der Waals surface area (Å²) in [6, 6.07) is 13.4. The number of non-ortho nitro benzene ring substituents is 1. The first-order chi connectivity index (χ1) is 12.5. The Morgan fingerprint density at radius 1 is 1.27 bits per heavy atom. The van der Waals surface area contributed by atoms with Crippen molar-refractivity contribution in [3.63, 3.8) is 0 Å². The Balaban J connectivity index is 1.64. The minimum Gasteiger partial charge on any atom is -0.303 e. The Morgan fingerprint density at radius 2 is 2.08 bits per heavy atom. The number of nitro benzene ring substituents is 1. The minimum absolute atomic E-state index is 0.0215. The lowest BCUT2D eigenvalue weighted by Crippen LogP contribution is -2.25. The second-order valence-corrected chi connectivity index (χ2v) is 7.06. The van der Waals surface area contributed by atoms with Gasteiger partial charge in [0.2, 0.25) is 5.91 Å². The van der Waals surface area contributed by atoms with Crippen LogP contribution in [0, 0.1) is 10.1 Å². The zero-order chi connectivity index (χ0) is 18.5. The lowest BCUT2D eigenvalue weighted by Gasteiger charge is -2.05. The number of amides is 1. The Bertz CT molecular complexity index is 916. The van der Waals surface area contributed by atoms with Gasteiger partial charge in [-0.25, -0.2) is 0 Å². The van der Waals surface area contributed by atoms with E-state index in [1.807, 2.05) is 18.2 Å². The summed E-state index contributed by atoms with van der Waals surface area (Å²) in [4.78, 5) is 22.3. The van der Waals surface area contributed by atoms with Crippen molar-refractivity contribution in [2.45, 2.75) is 11.7 Å². The molecule has 26 heavy (non-hydrogen) atoms. The molecule has 1 saturated heterocycles. The fraction of sp³-hybridized carbons (Fsp3) is 0.118. The van der Waals surface area contributed by atoms with Crippen molar-refractivity contribution in [3.8, 4) is 0 Å². The van der Waals surface area contributed by atoms with Gasteiger partial charge in [-0.2, -0.15) is 5.10 Å². The number of carbonyl (C=O) groups is 1. The number of hydrogen-bond acceptors (Lipinski definition) is 6. The van der Waals surface area contributed by atoms with Crippen LogP contribution in [-0.2, 0) is 11.2 Å². The normalized spacial score (nSPS) is 18.4. The number of rotatable bonds is 5. The number of hydrogen-bond donors (Lipinski definition) is 1. The highest BCUT2D eigenvalue weighted by Gasteiger charge is 2.30. The standard InChI is InChI=1S/C17H13ClN4O3S/c18-13-5-1-3-11(7-13)9-15-16(23)20-17(26-15)21-19-10-12-4-2-6-14(8-12)22(24)25/h1-8,10,15H,9H2,(H,20,21,23)/b19-10+. The minimum atomic E-state index is -0.475. The second kappa shape index (κ2) is 8.11. The molecule has 1 unspecified atom stereocenters. The molecule has 3 rings (SSSR count). The highest BCUT2D eigenvalue weighted by Crippen LogP contribution is 2.24. The molecule has 7 nitrogen and oxygen atoms in total. The topological polar surface area (TPSA) is 97.0 Å². The van der Waals surface area contributed by atoms with Crippen molar-refractivity contribution in [1.82, 2.24) is 5.32 Å². The molecule has 2 aromatic rings. The van der Waals surface area contributed by atoms with Crippen LogP contribution in [-0.4, -0.2) is 27.5 Å². The third kappa shape index (κ3) is 4.68. The Morgan fingerprint density at radius 3 is 2.85 bits per heavy atom. The van der Waals surface area contributed by atoms with Gasteiger partial charge >= 0.3 is 0 Å². The largest absolute Gasteiger partial charge is 0.303 e. The maximum absolute atomic E-state index is 12.1. The summed E-state index contributed by atoms with van der Waals surface area (Å²) >= 11 is 7.25. The first-order valence-corrected chi connectivity index (χ1v) is 8.84. The molecule has 1 amide bonds. The molecule has 1 aliphatic rings. The summed E-state index contributed by atoms with van der Waals surface area (Å²) in [5.41, 5.74) is 1.49. The van der Waals surface area contributed by atoms with Crippen molar-refractivity contribution >= 4 is 46.3 Å². The monoisotopic (exact) mass is 388 g/mol. The number of carbonyl (C=O) groups excluding carboxylic acids is 1. The Kier molecular flexibility index (Phi) is 5.65. The van der Waals surface area contributed by atoms with E-state index in [-0.39, 0.29) is 16.8 Å². The SMILES string of the molecule is O=C1N/C(=N/N=C/c2cccc([N+](=O)[O-])c2)SC1Cc1cccc(Cl)c1. The van der Waals surface area contributed by atoms with Gasteiger partial charge in [-0.1, -0.05) is 47.6 Å². The maximum Gasteiger partial charge on any atom is 0.270 e. The quantitative estimate of drug-likeness (QED) is 0.482. The number of benzene rings is 2. The van der Waals surface area contributed by atoms with Crippen molar-refractivity contribution in [3.05, 3.63) is 74.8 Å². The fourth-order valence-electron chi connectivity index (χ4n) is 2.33. The molecule has 1 heterocycles. The summed E-state index contributed by atoms with van der Waals surface area (Å²) in [6.45, 7) is 0. The second-order valence-electron chi connectivity index (χ2n) is 5.43. The fourth-order valence-corrected chi connectivity index (χ4v) is 3.51. The summed E-state index contributed by atoms with van der Waals surface area (Å²) in [6.07, 6.45) is 1.93. The number of halogens is 1. The van der Waals surface area contributed by atoms with Crippen LogP contribution in [0.5, 0.6) is 0 Å². The van der Waals surface area contributed by atoms with E-state index in [0.29, 0.717) is 22.2 Å². The smallest absolute Gasteiger partial charge is 0.270 e. The first kappa shape index (κ1) is 18.1. The van der Waals surface area contributed by atoms with Crippen molar-refractivity contribution in [2.24, 2.45) is 10.2 Å². The number of nitro groups is 1. The van der Waals surface area contributed by atoms with Gasteiger partial charge < -0.3 is 5.32 Å². The molecule has 0 saturated carbocycles. The number of nitrogens with one attached hydrogen (secondary N) is 1. The van der Waals surface area contributed by atoms with Gasteiger partial charge in [0, 0.05) is 22.7 Å². The third-order valence-electron chi connectivity index (χ3n) is 3.52. The lowest BCUT2D eigenvalue weighted by atomic mass is 10.1. The van der Waals surface area contributed by atoms with E-state index >= 15 is 0 Å². The highest BCUT2D eigenvalue weighted by molar-refractivity contribution is 8.15. The van der Waals surface area contributed by atoms with Gasteiger partial charge in [0.25, 0.3) is 5.69 Å². The third-order valence-corrected chi connectivity index (χ3v) is 4.83. The molecular weight excluding hydrogens is 376 g/mol. The van der Waals surface area contributed by atoms with Crippen LogP contribution in [0.1, 0.15) is 11.1 Å². The molecule has 1 aliphatic heterocycles. The highest BCUT2D eigenvalue weighted by atomic mass is 35.5. The zero-order valence-corrected chi connectivity index (χ0v) is 14.9. The van der Waals surface area contributed by atoms with Gasteiger partial charge in [-0.3, -0.25) is 14.9 Å². The molecule has 132 valence electrons. The molecule has 1 N–H and O–H groups in total. The molecule has 9 heteroatoms. The van der Waals surface area contributed by atoms with Crippen LogP contribution < -0.4 is 5.32 Å². The van der Waals surface area contributed by atoms with Crippen LogP contribution in [0.25, 0.3) is 0 Å². The van der Waals surface area contributed by atoms with Gasteiger partial charge in [-0.05, 0) is 24.1 Å². The van der Waals surface area contributed by atoms with Gasteiger partial charge in [0.05, 0.1) is 16.4 Å². The predicted octanol–water partition coefficient (Wildman–Crippen LogP) is 3.41. The summed E-state index contributed by atoms with van der Waals surface area (Å²) < 4.78 is 0. The van der Waals surface area contributed by atoms with Gasteiger partial charge in [0.1, 0.15) is 0 Å². The number of nitrogens with zero attached hydrogens (tertiary/aromatic N) is 3. The van der Waals surface area contributed by atoms with Crippen molar-refractivity contribution in [2.75, 3.05) is 0 Å². The zero-order valence-electron chi connectivity index (χ0n) is 13.3. The van der Waals surface area contributed by atoms with Crippen LogP contribution in [0.15, 0.2) is 58.7 Å². The number of thioether (sulfide) groups is 1. The molecule has 1 atom stereocenters. The van der Waals surface area contributed by atoms with E-state index in [9.17, 15) is 14.9 Å². The van der Waals surface area contributed by atoms with Crippen LogP contribution in [0.3, 0.4) is 0 Å². The maximum atomic E-state index is 12.1. The van der Waals surface area contributed by atoms with Crippen LogP contribution >= 0.6 is 23.4 Å². The van der Waals surface area contributed by atoms with Crippen molar-refractivity contribution in [1.29, 1.82) is 0 Å². The van der Waals surface area contributed by atoms with E-state index in [1.165, 1.54) is 30.1 Å². The van der Waals surface area contributed by atoms with E-state index in [2.05, 4.69) is 15.5 Å². The Labute approximate surface area is 158 Å². The molecule has 1 fully saturated rings. The summed E-state index contributed by atoms with van der Waals surface area (Å²) in [7, 11) is 0. The average Bonchev–Trinajstić information content (AvgIpc) is 2.95. The molecular formula is C17H13ClN4O3S. The van der Waals surface area contributed by atoms with E-state index in [4.69, 9.17) is 11.6 Å². The van der Waals surface area contributed by atoms with E-state index in [1.54, 1.807) is 18.2 Å². The van der Waals surface area contributed by atoms with Crippen LogP contribution in [0.2, 0.25) is 5.02 Å². The molecule has 2 aromatic carbocycles. The summed E-state index contributed by atoms with van der Waals surface area (Å²) in [5.74, 6) is -0.140.